The number of aryl methyl sites for hydroxylation is 2. The lowest BCUT2D eigenvalue weighted by Crippen LogP contribution is -2.29. The van der Waals surface area contributed by atoms with E-state index in [4.69, 9.17) is 0 Å². The summed E-state index contributed by atoms with van der Waals surface area (Å²) in [5.41, 5.74) is 0.115. The van der Waals surface area contributed by atoms with Gasteiger partial charge in [0.1, 0.15) is 11.3 Å². The molecule has 0 aromatic carbocycles. The fraction of sp³-hybridized carbons (Fsp3) is 0.643. The average molecular weight is 276 g/mol. The van der Waals surface area contributed by atoms with Crippen LogP contribution in [-0.4, -0.2) is 19.5 Å². The van der Waals surface area contributed by atoms with Crippen LogP contribution < -0.4 is 11.2 Å². The largest absolute Gasteiger partial charge is 0.336 e. The predicted molar refractivity (Wildman–Crippen MR) is 76.9 cm³/mol. The Bertz CT molecular complexity index is 719. The molecule has 0 unspecified atom stereocenters. The van der Waals surface area contributed by atoms with Gasteiger partial charge < -0.3 is 4.98 Å². The van der Waals surface area contributed by atoms with E-state index >= 15 is 0 Å². The monoisotopic (exact) mass is 276 g/mol. The van der Waals surface area contributed by atoms with Crippen LogP contribution in [0.25, 0.3) is 11.2 Å². The number of imidazole rings is 1. The lowest BCUT2D eigenvalue weighted by atomic mass is 10.0. The molecule has 3 rings (SSSR count). The van der Waals surface area contributed by atoms with E-state index in [0.717, 1.165) is 24.6 Å². The zero-order chi connectivity index (χ0) is 14.1. The fourth-order valence-corrected chi connectivity index (χ4v) is 3.14. The molecule has 108 valence electrons. The van der Waals surface area contributed by atoms with E-state index in [2.05, 4.69) is 15.0 Å². The van der Waals surface area contributed by atoms with Crippen molar-refractivity contribution in [2.75, 3.05) is 0 Å². The molecule has 0 saturated heterocycles. The quantitative estimate of drug-likeness (QED) is 0.888. The van der Waals surface area contributed by atoms with Crippen LogP contribution in [0, 0.1) is 5.92 Å². The molecule has 1 saturated carbocycles. The number of H-pyrrole nitrogens is 2. The number of nitrogens with one attached hydrogen (secondary N) is 2. The molecule has 0 aliphatic heterocycles. The summed E-state index contributed by atoms with van der Waals surface area (Å²) in [6, 6.07) is 0. The highest BCUT2D eigenvalue weighted by molar-refractivity contribution is 5.69. The minimum atomic E-state index is -0.390. The number of nitrogens with zero attached hydrogens (tertiary/aromatic N) is 2. The Hall–Kier alpha value is -1.85. The Morgan fingerprint density at radius 3 is 2.70 bits per heavy atom. The fourth-order valence-electron chi connectivity index (χ4n) is 3.14. The summed E-state index contributed by atoms with van der Waals surface area (Å²) in [6.45, 7) is 2.37. The summed E-state index contributed by atoms with van der Waals surface area (Å²) < 4.78 is 1.49. The maximum absolute atomic E-state index is 11.8. The number of hydrogen-bond donors (Lipinski definition) is 2. The Balaban J connectivity index is 1.91. The third kappa shape index (κ3) is 2.30. The molecule has 20 heavy (non-hydrogen) atoms. The van der Waals surface area contributed by atoms with E-state index in [0.29, 0.717) is 17.7 Å². The van der Waals surface area contributed by atoms with Gasteiger partial charge in [-0.15, -0.1) is 0 Å². The van der Waals surface area contributed by atoms with Crippen LogP contribution >= 0.6 is 0 Å². The van der Waals surface area contributed by atoms with E-state index in [1.807, 2.05) is 6.92 Å². The van der Waals surface area contributed by atoms with Crippen molar-refractivity contribution < 1.29 is 0 Å². The second kappa shape index (κ2) is 5.26. The second-order valence-corrected chi connectivity index (χ2v) is 5.57. The van der Waals surface area contributed by atoms with E-state index in [1.54, 1.807) is 0 Å². The maximum Gasteiger partial charge on any atom is 0.330 e. The van der Waals surface area contributed by atoms with Gasteiger partial charge in [-0.3, -0.25) is 14.3 Å². The molecule has 0 spiro atoms. The molecule has 6 nitrogen and oxygen atoms in total. The van der Waals surface area contributed by atoms with Gasteiger partial charge in [0.15, 0.2) is 5.65 Å². The smallest absolute Gasteiger partial charge is 0.330 e. The normalized spacial score (nSPS) is 16.2. The summed E-state index contributed by atoms with van der Waals surface area (Å²) in [5.74, 6) is 1.60. The van der Waals surface area contributed by atoms with Crippen LogP contribution in [-0.2, 0) is 13.0 Å². The minimum Gasteiger partial charge on any atom is -0.336 e. The van der Waals surface area contributed by atoms with Crippen molar-refractivity contribution in [1.82, 2.24) is 19.5 Å². The molecule has 6 heteroatoms. The highest BCUT2D eigenvalue weighted by Crippen LogP contribution is 2.28. The molecular weight excluding hydrogens is 256 g/mol. The summed E-state index contributed by atoms with van der Waals surface area (Å²) in [6.07, 6.45) is 7.23. The summed E-state index contributed by atoms with van der Waals surface area (Å²) >= 11 is 0. The molecule has 0 radical (unpaired) electrons. The molecule has 2 aromatic rings. The van der Waals surface area contributed by atoms with Crippen molar-refractivity contribution in [2.45, 2.75) is 52.0 Å². The van der Waals surface area contributed by atoms with Crippen LogP contribution in [0.4, 0.5) is 0 Å². The zero-order valence-electron chi connectivity index (χ0n) is 11.7. The SMILES string of the molecule is CCn1c(=O)[nH]c(=O)c2[nH]c(CCC3CCCC3)nc21. The number of aromatic nitrogens is 4. The third-order valence-electron chi connectivity index (χ3n) is 4.26. The summed E-state index contributed by atoms with van der Waals surface area (Å²) in [5, 5.41) is 0. The Labute approximate surface area is 116 Å². The van der Waals surface area contributed by atoms with Crippen LogP contribution in [0.15, 0.2) is 9.59 Å². The Kier molecular flexibility index (Phi) is 3.46. The van der Waals surface area contributed by atoms with Crippen molar-refractivity contribution in [3.63, 3.8) is 0 Å². The summed E-state index contributed by atoms with van der Waals surface area (Å²) in [7, 11) is 0. The maximum atomic E-state index is 11.8. The first-order valence-corrected chi connectivity index (χ1v) is 7.40. The van der Waals surface area contributed by atoms with E-state index in [-0.39, 0.29) is 11.2 Å². The number of fused-ring (bicyclic) bond motifs is 1. The minimum absolute atomic E-state index is 0.380. The Morgan fingerprint density at radius 1 is 1.25 bits per heavy atom. The van der Waals surface area contributed by atoms with Crippen molar-refractivity contribution in [1.29, 1.82) is 0 Å². The van der Waals surface area contributed by atoms with Crippen LogP contribution in [0.5, 0.6) is 0 Å². The standard InChI is InChI=1S/C14H20N4O2/c1-2-18-12-11(13(19)17-14(18)20)15-10(16-12)8-7-9-5-3-4-6-9/h9H,2-8H2,1H3,(H,15,16)(H,17,19,20). The number of aromatic amines is 2. The van der Waals surface area contributed by atoms with Crippen LogP contribution in [0.1, 0.15) is 44.9 Å². The second-order valence-electron chi connectivity index (χ2n) is 5.57. The van der Waals surface area contributed by atoms with Gasteiger partial charge in [-0.05, 0) is 19.3 Å². The predicted octanol–water partition coefficient (Wildman–Crippen LogP) is 1.56. The first-order valence-electron chi connectivity index (χ1n) is 7.40. The first-order chi connectivity index (χ1) is 9.69. The molecule has 2 heterocycles. The molecule has 0 atom stereocenters. The van der Waals surface area contributed by atoms with Crippen LogP contribution in [0.2, 0.25) is 0 Å². The lowest BCUT2D eigenvalue weighted by Gasteiger charge is -2.05. The van der Waals surface area contributed by atoms with Crippen molar-refractivity contribution in [3.05, 3.63) is 26.7 Å². The highest BCUT2D eigenvalue weighted by Gasteiger charge is 2.17. The van der Waals surface area contributed by atoms with Gasteiger partial charge in [-0.25, -0.2) is 9.78 Å². The summed E-state index contributed by atoms with van der Waals surface area (Å²) in [4.78, 5) is 33.4. The highest BCUT2D eigenvalue weighted by atomic mass is 16.2. The molecule has 0 amide bonds. The van der Waals surface area contributed by atoms with Gasteiger partial charge in [0, 0.05) is 13.0 Å². The third-order valence-corrected chi connectivity index (χ3v) is 4.26. The van der Waals surface area contributed by atoms with Crippen molar-refractivity contribution in [3.8, 4) is 0 Å². The Morgan fingerprint density at radius 2 is 2.00 bits per heavy atom. The van der Waals surface area contributed by atoms with Gasteiger partial charge in [0.25, 0.3) is 5.56 Å². The van der Waals surface area contributed by atoms with E-state index < -0.39 is 0 Å². The van der Waals surface area contributed by atoms with Gasteiger partial charge >= 0.3 is 5.69 Å². The molecule has 1 aliphatic carbocycles. The lowest BCUT2D eigenvalue weighted by molar-refractivity contribution is 0.498. The average Bonchev–Trinajstić information content (AvgIpc) is 3.06. The van der Waals surface area contributed by atoms with Crippen molar-refractivity contribution in [2.24, 2.45) is 5.92 Å². The van der Waals surface area contributed by atoms with E-state index in [9.17, 15) is 9.59 Å². The molecule has 2 N–H and O–H groups in total. The first kappa shape index (κ1) is 13.1. The number of rotatable bonds is 4. The van der Waals surface area contributed by atoms with Gasteiger partial charge in [0.05, 0.1) is 0 Å². The molecule has 2 aromatic heterocycles. The van der Waals surface area contributed by atoms with Gasteiger partial charge in [-0.1, -0.05) is 25.7 Å². The van der Waals surface area contributed by atoms with Crippen molar-refractivity contribution >= 4 is 11.2 Å². The topological polar surface area (TPSA) is 83.5 Å². The molecule has 1 fully saturated rings. The zero-order valence-corrected chi connectivity index (χ0v) is 11.7. The van der Waals surface area contributed by atoms with E-state index in [1.165, 1.54) is 30.3 Å². The van der Waals surface area contributed by atoms with Gasteiger partial charge in [-0.2, -0.15) is 0 Å². The molecular formula is C14H20N4O2. The van der Waals surface area contributed by atoms with Crippen LogP contribution in [0.3, 0.4) is 0 Å². The number of hydrogen-bond acceptors (Lipinski definition) is 3. The molecule has 0 bridgehead atoms. The van der Waals surface area contributed by atoms with Gasteiger partial charge in [0.2, 0.25) is 0 Å². The molecule has 1 aliphatic rings.